The topological polar surface area (TPSA) is 29.1 Å². The molecule has 0 saturated heterocycles. The van der Waals surface area contributed by atoms with Gasteiger partial charge in [-0.05, 0) is 30.1 Å². The van der Waals surface area contributed by atoms with Crippen molar-refractivity contribution in [1.82, 2.24) is 5.32 Å². The molecule has 20 heavy (non-hydrogen) atoms. The molecule has 0 atom stereocenters. The lowest BCUT2D eigenvalue weighted by Crippen LogP contribution is -2.55. The third-order valence-electron chi connectivity index (χ3n) is 3.53. The third kappa shape index (κ3) is 3.82. The molecule has 0 aliphatic heterocycles. The summed E-state index contributed by atoms with van der Waals surface area (Å²) in [7, 11) is 0. The van der Waals surface area contributed by atoms with Crippen LogP contribution in [0.5, 0.6) is 0 Å². The lowest BCUT2D eigenvalue weighted by Gasteiger charge is -2.45. The standard InChI is InChI=1S/C13H20F5NO/c1-10(2)5-8(6-11(3,4)7-10)19-9(20)12(14,15)13(16,17)18/h8H,5-7H2,1-4H3,(H,19,20). The molecule has 1 saturated carbocycles. The van der Waals surface area contributed by atoms with E-state index in [1.54, 1.807) is 0 Å². The summed E-state index contributed by atoms with van der Waals surface area (Å²) in [5.74, 6) is -7.61. The van der Waals surface area contributed by atoms with Crippen molar-refractivity contribution < 1.29 is 26.7 Å². The van der Waals surface area contributed by atoms with Crippen LogP contribution < -0.4 is 5.32 Å². The molecule has 1 aliphatic carbocycles. The summed E-state index contributed by atoms with van der Waals surface area (Å²) in [6.45, 7) is 7.65. The maximum absolute atomic E-state index is 12.9. The summed E-state index contributed by atoms with van der Waals surface area (Å²) in [5, 5.41) is 1.87. The Kier molecular flexibility index (Phi) is 4.16. The highest BCUT2D eigenvalue weighted by Gasteiger charge is 2.63. The van der Waals surface area contributed by atoms with Crippen LogP contribution in [0.2, 0.25) is 0 Å². The summed E-state index contributed by atoms with van der Waals surface area (Å²) < 4.78 is 62.2. The van der Waals surface area contributed by atoms with E-state index in [0.717, 1.165) is 6.42 Å². The Morgan fingerprint density at radius 1 is 1.00 bits per heavy atom. The van der Waals surface area contributed by atoms with Crippen molar-refractivity contribution in [3.63, 3.8) is 0 Å². The highest BCUT2D eigenvalue weighted by molar-refractivity contribution is 5.84. The number of rotatable bonds is 2. The van der Waals surface area contributed by atoms with Gasteiger partial charge < -0.3 is 5.32 Å². The molecule has 0 spiro atoms. The second-order valence-electron chi connectivity index (χ2n) is 7.16. The average molecular weight is 301 g/mol. The molecule has 2 nitrogen and oxygen atoms in total. The molecule has 0 aromatic carbocycles. The number of hydrogen-bond acceptors (Lipinski definition) is 1. The van der Waals surface area contributed by atoms with Gasteiger partial charge in [-0.15, -0.1) is 0 Å². The predicted octanol–water partition coefficient (Wildman–Crippen LogP) is 3.91. The normalized spacial score (nSPS) is 23.4. The van der Waals surface area contributed by atoms with Crippen LogP contribution in [0.15, 0.2) is 0 Å². The second-order valence-corrected chi connectivity index (χ2v) is 7.16. The zero-order valence-electron chi connectivity index (χ0n) is 12.0. The van der Waals surface area contributed by atoms with Crippen molar-refractivity contribution in [2.45, 2.75) is 65.1 Å². The van der Waals surface area contributed by atoms with Crippen molar-refractivity contribution in [3.8, 4) is 0 Å². The van der Waals surface area contributed by atoms with E-state index in [2.05, 4.69) is 0 Å². The molecule has 1 rings (SSSR count). The summed E-state index contributed by atoms with van der Waals surface area (Å²) in [6.07, 6.45) is -4.27. The summed E-state index contributed by atoms with van der Waals surface area (Å²) in [5.41, 5.74) is -0.430. The number of amides is 1. The Hall–Kier alpha value is -0.880. The van der Waals surface area contributed by atoms with Gasteiger partial charge in [0.15, 0.2) is 0 Å². The van der Waals surface area contributed by atoms with Crippen molar-refractivity contribution in [2.75, 3.05) is 0 Å². The van der Waals surface area contributed by atoms with Gasteiger partial charge in [0, 0.05) is 6.04 Å². The maximum atomic E-state index is 12.9. The Morgan fingerprint density at radius 2 is 1.40 bits per heavy atom. The van der Waals surface area contributed by atoms with E-state index in [4.69, 9.17) is 0 Å². The molecule has 1 fully saturated rings. The maximum Gasteiger partial charge on any atom is 0.463 e. The Bertz CT molecular complexity index is 371. The first-order valence-electron chi connectivity index (χ1n) is 6.42. The van der Waals surface area contributed by atoms with Crippen LogP contribution in [0.4, 0.5) is 22.0 Å². The molecule has 0 aromatic heterocycles. The van der Waals surface area contributed by atoms with Gasteiger partial charge in [-0.2, -0.15) is 22.0 Å². The van der Waals surface area contributed by atoms with Crippen molar-refractivity contribution in [2.24, 2.45) is 10.8 Å². The molecular weight excluding hydrogens is 281 g/mol. The first-order valence-corrected chi connectivity index (χ1v) is 6.42. The lowest BCUT2D eigenvalue weighted by atomic mass is 9.63. The highest BCUT2D eigenvalue weighted by Crippen LogP contribution is 2.46. The van der Waals surface area contributed by atoms with E-state index < -0.39 is 24.0 Å². The SMILES string of the molecule is CC1(C)CC(NC(=O)C(F)(F)C(F)(F)F)CC(C)(C)C1. The van der Waals surface area contributed by atoms with Crippen LogP contribution in [-0.4, -0.2) is 24.0 Å². The van der Waals surface area contributed by atoms with Crippen LogP contribution in [0.25, 0.3) is 0 Å². The monoisotopic (exact) mass is 301 g/mol. The summed E-state index contributed by atoms with van der Waals surface area (Å²) >= 11 is 0. The van der Waals surface area contributed by atoms with Gasteiger partial charge in [0.1, 0.15) is 0 Å². The molecule has 0 heterocycles. The van der Waals surface area contributed by atoms with E-state index in [1.807, 2.05) is 33.0 Å². The van der Waals surface area contributed by atoms with Crippen LogP contribution in [-0.2, 0) is 4.79 Å². The number of carbonyl (C=O) groups excluding carboxylic acids is 1. The molecule has 1 amide bonds. The minimum atomic E-state index is -5.86. The van der Waals surface area contributed by atoms with Gasteiger partial charge in [-0.1, -0.05) is 27.7 Å². The molecule has 118 valence electrons. The Morgan fingerprint density at radius 3 is 1.75 bits per heavy atom. The quantitative estimate of drug-likeness (QED) is 0.770. The first-order chi connectivity index (χ1) is 8.66. The number of nitrogens with one attached hydrogen (secondary N) is 1. The van der Waals surface area contributed by atoms with Crippen LogP contribution in [0.1, 0.15) is 47.0 Å². The number of alkyl halides is 5. The van der Waals surface area contributed by atoms with Crippen LogP contribution in [0, 0.1) is 10.8 Å². The van der Waals surface area contributed by atoms with Gasteiger partial charge in [0.05, 0.1) is 0 Å². The smallest absolute Gasteiger partial charge is 0.348 e. The molecule has 0 bridgehead atoms. The molecule has 0 radical (unpaired) electrons. The minimum absolute atomic E-state index is 0.215. The van der Waals surface area contributed by atoms with E-state index in [9.17, 15) is 26.7 Å². The van der Waals surface area contributed by atoms with Crippen molar-refractivity contribution in [3.05, 3.63) is 0 Å². The molecular formula is C13H20F5NO. The fourth-order valence-electron chi connectivity index (χ4n) is 3.35. The number of hydrogen-bond donors (Lipinski definition) is 1. The predicted molar refractivity (Wildman–Crippen MR) is 64.3 cm³/mol. The van der Waals surface area contributed by atoms with Crippen molar-refractivity contribution >= 4 is 5.91 Å². The fourth-order valence-corrected chi connectivity index (χ4v) is 3.35. The summed E-state index contributed by atoms with van der Waals surface area (Å²) in [6, 6.07) is -0.672. The fraction of sp³-hybridized carbons (Fsp3) is 0.923. The minimum Gasteiger partial charge on any atom is -0.348 e. The highest BCUT2D eigenvalue weighted by atomic mass is 19.4. The molecule has 0 unspecified atom stereocenters. The van der Waals surface area contributed by atoms with Gasteiger partial charge in [0.25, 0.3) is 0 Å². The van der Waals surface area contributed by atoms with E-state index in [-0.39, 0.29) is 10.8 Å². The molecule has 0 aromatic rings. The van der Waals surface area contributed by atoms with E-state index in [0.29, 0.717) is 12.8 Å². The van der Waals surface area contributed by atoms with E-state index >= 15 is 0 Å². The van der Waals surface area contributed by atoms with Crippen LogP contribution >= 0.6 is 0 Å². The molecule has 1 N–H and O–H groups in total. The second kappa shape index (κ2) is 4.84. The van der Waals surface area contributed by atoms with Gasteiger partial charge >= 0.3 is 18.0 Å². The van der Waals surface area contributed by atoms with Gasteiger partial charge in [0.2, 0.25) is 0 Å². The van der Waals surface area contributed by atoms with Crippen LogP contribution in [0.3, 0.4) is 0 Å². The number of carbonyl (C=O) groups is 1. The zero-order chi connectivity index (χ0) is 16.0. The number of halogens is 5. The Labute approximate surface area is 115 Å². The Balaban J connectivity index is 2.81. The average Bonchev–Trinajstić information content (AvgIpc) is 2.09. The van der Waals surface area contributed by atoms with E-state index in [1.165, 1.54) is 0 Å². The summed E-state index contributed by atoms with van der Waals surface area (Å²) in [4.78, 5) is 11.2. The van der Waals surface area contributed by atoms with Gasteiger partial charge in [-0.25, -0.2) is 0 Å². The lowest BCUT2D eigenvalue weighted by molar-refractivity contribution is -0.270. The largest absolute Gasteiger partial charge is 0.463 e. The molecule has 7 heteroatoms. The van der Waals surface area contributed by atoms with Crippen molar-refractivity contribution in [1.29, 1.82) is 0 Å². The third-order valence-corrected chi connectivity index (χ3v) is 3.53. The molecule has 1 aliphatic rings. The van der Waals surface area contributed by atoms with Gasteiger partial charge in [-0.3, -0.25) is 4.79 Å². The first kappa shape index (κ1) is 17.2. The zero-order valence-corrected chi connectivity index (χ0v) is 12.0.